The normalized spacial score (nSPS) is 17.1. The number of aryl methyl sites for hydroxylation is 1. The summed E-state index contributed by atoms with van der Waals surface area (Å²) in [5.74, 6) is 0. The minimum absolute atomic E-state index is 0.540. The van der Waals surface area contributed by atoms with Gasteiger partial charge in [0.25, 0.3) is 0 Å². The van der Waals surface area contributed by atoms with Gasteiger partial charge in [0.05, 0.1) is 6.26 Å². The summed E-state index contributed by atoms with van der Waals surface area (Å²) >= 11 is 0. The molecule has 0 atom stereocenters. The zero-order valence-electron chi connectivity index (χ0n) is 9.73. The molecule has 1 aliphatic heterocycles. The van der Waals surface area contributed by atoms with Gasteiger partial charge in [-0.2, -0.15) is 4.31 Å². The van der Waals surface area contributed by atoms with Crippen LogP contribution in [0, 0.1) is 0 Å². The Balaban J connectivity index is 2.39. The Bertz CT molecular complexity index is 479. The highest BCUT2D eigenvalue weighted by molar-refractivity contribution is 7.88. The standard InChI is InChI=1S/C12H17NO2S/c1-3-10-5-4-6-11-7-8-13(9-12(10)11)16(2,14)15/h4-6H,3,7-9H2,1-2H3. The van der Waals surface area contributed by atoms with Gasteiger partial charge in [-0.25, -0.2) is 8.42 Å². The van der Waals surface area contributed by atoms with Crippen molar-refractivity contribution in [3.63, 3.8) is 0 Å². The molecule has 0 bridgehead atoms. The Morgan fingerprint density at radius 2 is 2.12 bits per heavy atom. The molecular weight excluding hydrogens is 222 g/mol. The van der Waals surface area contributed by atoms with Gasteiger partial charge < -0.3 is 0 Å². The van der Waals surface area contributed by atoms with Crippen LogP contribution in [-0.4, -0.2) is 25.5 Å². The van der Waals surface area contributed by atoms with Gasteiger partial charge in [0, 0.05) is 13.1 Å². The summed E-state index contributed by atoms with van der Waals surface area (Å²) < 4.78 is 24.6. The number of sulfonamides is 1. The average molecular weight is 239 g/mol. The third-order valence-corrected chi connectivity index (χ3v) is 4.43. The first-order valence-corrected chi connectivity index (χ1v) is 7.42. The largest absolute Gasteiger partial charge is 0.212 e. The van der Waals surface area contributed by atoms with E-state index in [4.69, 9.17) is 0 Å². The molecule has 4 heteroatoms. The summed E-state index contributed by atoms with van der Waals surface area (Å²) in [7, 11) is -3.06. The smallest absolute Gasteiger partial charge is 0.211 e. The van der Waals surface area contributed by atoms with Crippen molar-refractivity contribution in [2.45, 2.75) is 26.3 Å². The van der Waals surface area contributed by atoms with Crippen molar-refractivity contribution < 1.29 is 8.42 Å². The van der Waals surface area contributed by atoms with Crippen molar-refractivity contribution in [2.75, 3.05) is 12.8 Å². The quantitative estimate of drug-likeness (QED) is 0.785. The van der Waals surface area contributed by atoms with Gasteiger partial charge in [-0.05, 0) is 29.5 Å². The Hall–Kier alpha value is -0.870. The molecule has 1 aromatic carbocycles. The first kappa shape index (κ1) is 11.6. The van der Waals surface area contributed by atoms with Crippen LogP contribution in [0.25, 0.3) is 0 Å². The molecule has 0 N–H and O–H groups in total. The SMILES string of the molecule is CCc1cccc2c1CN(S(C)(=O)=O)CC2. The Kier molecular flexibility index (Phi) is 3.04. The van der Waals surface area contributed by atoms with Crippen LogP contribution < -0.4 is 0 Å². The Morgan fingerprint density at radius 3 is 2.75 bits per heavy atom. The lowest BCUT2D eigenvalue weighted by molar-refractivity contribution is 0.393. The van der Waals surface area contributed by atoms with E-state index in [-0.39, 0.29) is 0 Å². The summed E-state index contributed by atoms with van der Waals surface area (Å²) in [4.78, 5) is 0. The maximum absolute atomic E-state index is 11.5. The summed E-state index contributed by atoms with van der Waals surface area (Å²) in [6.07, 6.45) is 3.07. The summed E-state index contributed by atoms with van der Waals surface area (Å²) in [5.41, 5.74) is 3.78. The van der Waals surface area contributed by atoms with Crippen LogP contribution in [0.4, 0.5) is 0 Å². The number of benzene rings is 1. The third-order valence-electron chi connectivity index (χ3n) is 3.18. The highest BCUT2D eigenvalue weighted by Gasteiger charge is 2.24. The lowest BCUT2D eigenvalue weighted by Gasteiger charge is -2.28. The fraction of sp³-hybridized carbons (Fsp3) is 0.500. The maximum Gasteiger partial charge on any atom is 0.211 e. The minimum Gasteiger partial charge on any atom is -0.212 e. The lowest BCUT2D eigenvalue weighted by atomic mass is 9.95. The Labute approximate surface area is 97.1 Å². The van der Waals surface area contributed by atoms with Crippen molar-refractivity contribution in [3.8, 4) is 0 Å². The number of nitrogens with zero attached hydrogens (tertiary/aromatic N) is 1. The van der Waals surface area contributed by atoms with Crippen molar-refractivity contribution in [1.82, 2.24) is 4.31 Å². The van der Waals surface area contributed by atoms with E-state index < -0.39 is 10.0 Å². The number of rotatable bonds is 2. The molecule has 1 heterocycles. The molecule has 0 amide bonds. The molecule has 3 nitrogen and oxygen atoms in total. The molecule has 0 saturated heterocycles. The molecule has 1 aromatic rings. The fourth-order valence-electron chi connectivity index (χ4n) is 2.24. The molecular formula is C12H17NO2S. The van der Waals surface area contributed by atoms with Crippen LogP contribution in [0.1, 0.15) is 23.6 Å². The van der Waals surface area contributed by atoms with Gasteiger partial charge in [0.2, 0.25) is 10.0 Å². The first-order valence-electron chi connectivity index (χ1n) is 5.57. The second-order valence-electron chi connectivity index (χ2n) is 4.25. The van der Waals surface area contributed by atoms with E-state index in [1.54, 1.807) is 4.31 Å². The van der Waals surface area contributed by atoms with Crippen LogP contribution in [0.15, 0.2) is 18.2 Å². The van der Waals surface area contributed by atoms with Crippen molar-refractivity contribution in [2.24, 2.45) is 0 Å². The third kappa shape index (κ3) is 2.13. The van der Waals surface area contributed by atoms with E-state index in [2.05, 4.69) is 25.1 Å². The van der Waals surface area contributed by atoms with Gasteiger partial charge in [0.15, 0.2) is 0 Å². The predicted molar refractivity (Wildman–Crippen MR) is 64.8 cm³/mol. The lowest BCUT2D eigenvalue weighted by Crippen LogP contribution is -2.35. The van der Waals surface area contributed by atoms with Crippen molar-refractivity contribution in [1.29, 1.82) is 0 Å². The van der Waals surface area contributed by atoms with Gasteiger partial charge in [0.1, 0.15) is 0 Å². The molecule has 0 aromatic heterocycles. The maximum atomic E-state index is 11.5. The van der Waals surface area contributed by atoms with Crippen LogP contribution in [0.3, 0.4) is 0 Å². The average Bonchev–Trinajstić information content (AvgIpc) is 2.26. The van der Waals surface area contributed by atoms with Crippen LogP contribution >= 0.6 is 0 Å². The summed E-state index contributed by atoms with van der Waals surface area (Å²) in [5, 5.41) is 0. The van der Waals surface area contributed by atoms with Crippen molar-refractivity contribution >= 4 is 10.0 Å². The predicted octanol–water partition coefficient (Wildman–Crippen LogP) is 1.57. The van der Waals surface area contributed by atoms with E-state index in [9.17, 15) is 8.42 Å². The molecule has 0 spiro atoms. The Morgan fingerprint density at radius 1 is 1.38 bits per heavy atom. The molecule has 0 aliphatic carbocycles. The molecule has 88 valence electrons. The molecule has 0 fully saturated rings. The van der Waals surface area contributed by atoms with E-state index >= 15 is 0 Å². The monoisotopic (exact) mass is 239 g/mol. The molecule has 0 unspecified atom stereocenters. The minimum atomic E-state index is -3.06. The van der Waals surface area contributed by atoms with E-state index in [0.29, 0.717) is 13.1 Å². The zero-order valence-corrected chi connectivity index (χ0v) is 10.5. The first-order chi connectivity index (χ1) is 7.52. The van der Waals surface area contributed by atoms with E-state index in [1.807, 2.05) is 0 Å². The number of hydrogen-bond donors (Lipinski definition) is 0. The number of fused-ring (bicyclic) bond motifs is 1. The second-order valence-corrected chi connectivity index (χ2v) is 6.24. The molecule has 2 rings (SSSR count). The summed E-state index contributed by atoms with van der Waals surface area (Å²) in [6, 6.07) is 6.26. The van der Waals surface area contributed by atoms with Crippen LogP contribution in [-0.2, 0) is 29.4 Å². The molecule has 0 radical (unpaired) electrons. The fourth-order valence-corrected chi connectivity index (χ4v) is 3.03. The van der Waals surface area contributed by atoms with E-state index in [1.165, 1.54) is 22.9 Å². The van der Waals surface area contributed by atoms with Gasteiger partial charge in [-0.3, -0.25) is 0 Å². The highest BCUT2D eigenvalue weighted by Crippen LogP contribution is 2.24. The topological polar surface area (TPSA) is 37.4 Å². The van der Waals surface area contributed by atoms with Gasteiger partial charge >= 0.3 is 0 Å². The van der Waals surface area contributed by atoms with Crippen LogP contribution in [0.5, 0.6) is 0 Å². The van der Waals surface area contributed by atoms with E-state index in [0.717, 1.165) is 12.8 Å². The molecule has 0 saturated carbocycles. The highest BCUT2D eigenvalue weighted by atomic mass is 32.2. The van der Waals surface area contributed by atoms with Crippen molar-refractivity contribution in [3.05, 3.63) is 34.9 Å². The molecule has 16 heavy (non-hydrogen) atoms. The number of hydrogen-bond acceptors (Lipinski definition) is 2. The zero-order chi connectivity index (χ0) is 11.8. The van der Waals surface area contributed by atoms with Crippen LogP contribution in [0.2, 0.25) is 0 Å². The second kappa shape index (κ2) is 4.18. The summed E-state index contributed by atoms with van der Waals surface area (Å²) in [6.45, 7) is 3.26. The van der Waals surface area contributed by atoms with Gasteiger partial charge in [-0.15, -0.1) is 0 Å². The van der Waals surface area contributed by atoms with Gasteiger partial charge in [-0.1, -0.05) is 25.1 Å². The molecule has 1 aliphatic rings.